The largest absolute Gasteiger partial charge is 0.486 e. The smallest absolute Gasteiger partial charge is 0.449 e. The van der Waals surface area contributed by atoms with E-state index in [2.05, 4.69) is 10.3 Å². The number of rotatable bonds is 4. The van der Waals surface area contributed by atoms with Crippen LogP contribution in [0, 0.1) is 0 Å². The maximum atomic E-state index is 13.3. The Morgan fingerprint density at radius 3 is 2.64 bits per heavy atom. The van der Waals surface area contributed by atoms with Gasteiger partial charge in [0.2, 0.25) is 11.7 Å². The summed E-state index contributed by atoms with van der Waals surface area (Å²) in [6, 6.07) is 13.3. The lowest BCUT2D eigenvalue weighted by Crippen LogP contribution is -2.41. The Kier molecular flexibility index (Phi) is 4.58. The van der Waals surface area contributed by atoms with Crippen LogP contribution in [0.15, 0.2) is 48.5 Å². The fourth-order valence-electron chi connectivity index (χ4n) is 3.04. The number of carbonyl (C=O) groups excluding carboxylic acids is 1. The summed E-state index contributed by atoms with van der Waals surface area (Å²) in [5.41, 5.74) is 0.430. The normalized spacial score (nSPS) is 16.2. The second-order valence-electron chi connectivity index (χ2n) is 6.31. The molecule has 4 rings (SSSR count). The third kappa shape index (κ3) is 3.60. The Labute approximate surface area is 157 Å². The second-order valence-corrected chi connectivity index (χ2v) is 6.31. The molecule has 1 N–H and O–H groups in total. The molecule has 0 aliphatic carbocycles. The van der Waals surface area contributed by atoms with Crippen molar-refractivity contribution in [1.29, 1.82) is 0 Å². The van der Waals surface area contributed by atoms with Crippen LogP contribution in [-0.4, -0.2) is 34.7 Å². The van der Waals surface area contributed by atoms with Crippen molar-refractivity contribution in [2.75, 3.05) is 13.2 Å². The number of halogens is 3. The molecule has 0 spiro atoms. The molecule has 1 aliphatic heterocycles. The molecule has 1 amide bonds. The van der Waals surface area contributed by atoms with Crippen LogP contribution in [0.4, 0.5) is 13.2 Å². The third-order valence-corrected chi connectivity index (χ3v) is 4.30. The van der Waals surface area contributed by atoms with Gasteiger partial charge in [-0.2, -0.15) is 13.2 Å². The van der Waals surface area contributed by atoms with E-state index in [-0.39, 0.29) is 24.2 Å². The molecule has 0 fully saturated rings. The lowest BCUT2D eigenvalue weighted by atomic mass is 10.2. The number of aromatic nitrogens is 2. The Hall–Kier alpha value is -3.23. The number of amides is 1. The van der Waals surface area contributed by atoms with E-state index >= 15 is 0 Å². The zero-order valence-corrected chi connectivity index (χ0v) is 14.6. The van der Waals surface area contributed by atoms with Crippen LogP contribution in [-0.2, 0) is 17.5 Å². The summed E-state index contributed by atoms with van der Waals surface area (Å²) >= 11 is 0. The number of imidazole rings is 1. The summed E-state index contributed by atoms with van der Waals surface area (Å²) in [7, 11) is 0. The van der Waals surface area contributed by atoms with Crippen molar-refractivity contribution in [3.05, 3.63) is 54.4 Å². The minimum Gasteiger partial charge on any atom is -0.486 e. The molecule has 0 bridgehead atoms. The first-order valence-corrected chi connectivity index (χ1v) is 8.59. The molecule has 28 heavy (non-hydrogen) atoms. The maximum absolute atomic E-state index is 13.3. The van der Waals surface area contributed by atoms with E-state index in [0.717, 1.165) is 4.57 Å². The van der Waals surface area contributed by atoms with Gasteiger partial charge in [-0.3, -0.25) is 4.79 Å². The van der Waals surface area contributed by atoms with E-state index in [0.29, 0.717) is 11.5 Å². The van der Waals surface area contributed by atoms with Crippen molar-refractivity contribution >= 4 is 16.9 Å². The molecule has 1 aliphatic rings. The molecule has 3 aromatic rings. The van der Waals surface area contributed by atoms with Gasteiger partial charge in [-0.1, -0.05) is 24.3 Å². The average molecular weight is 391 g/mol. The van der Waals surface area contributed by atoms with Gasteiger partial charge < -0.3 is 19.4 Å². The van der Waals surface area contributed by atoms with E-state index in [1.54, 1.807) is 30.3 Å². The van der Waals surface area contributed by atoms with Crippen molar-refractivity contribution in [3.63, 3.8) is 0 Å². The summed E-state index contributed by atoms with van der Waals surface area (Å²) in [5.74, 6) is -0.496. The highest BCUT2D eigenvalue weighted by atomic mass is 19.4. The van der Waals surface area contributed by atoms with Crippen LogP contribution >= 0.6 is 0 Å². The number of ether oxygens (including phenoxy) is 2. The lowest BCUT2D eigenvalue weighted by Gasteiger charge is -2.26. The number of para-hydroxylation sites is 4. The molecule has 2 aromatic carbocycles. The highest BCUT2D eigenvalue weighted by molar-refractivity contribution is 5.81. The summed E-state index contributed by atoms with van der Waals surface area (Å²) in [6.45, 7) is -0.153. The van der Waals surface area contributed by atoms with Gasteiger partial charge in [0, 0.05) is 0 Å². The fraction of sp³-hybridized carbons (Fsp3) is 0.263. The standard InChI is InChI=1S/C19H16F3N3O3/c20-19(21,22)18-24-13-5-1-2-6-14(13)25(18)10-17(26)23-9-12-11-27-15-7-3-4-8-16(15)28-12/h1-8,12H,9-11H2,(H,23,26)/t12-/m1/s1. The third-order valence-electron chi connectivity index (χ3n) is 4.30. The molecule has 0 unspecified atom stereocenters. The van der Waals surface area contributed by atoms with Crippen molar-refractivity contribution in [2.45, 2.75) is 18.8 Å². The van der Waals surface area contributed by atoms with Crippen LogP contribution < -0.4 is 14.8 Å². The molecule has 0 saturated heterocycles. The first-order valence-electron chi connectivity index (χ1n) is 8.59. The molecule has 9 heteroatoms. The number of hydrogen-bond acceptors (Lipinski definition) is 4. The first-order chi connectivity index (χ1) is 13.4. The molecule has 0 radical (unpaired) electrons. The molecule has 6 nitrogen and oxygen atoms in total. The Balaban J connectivity index is 1.45. The molecule has 1 aromatic heterocycles. The number of hydrogen-bond donors (Lipinski definition) is 1. The minimum absolute atomic E-state index is 0.112. The fourth-order valence-corrected chi connectivity index (χ4v) is 3.04. The van der Waals surface area contributed by atoms with Gasteiger partial charge in [-0.15, -0.1) is 0 Å². The number of nitrogens with zero attached hydrogens (tertiary/aromatic N) is 2. The van der Waals surface area contributed by atoms with Gasteiger partial charge >= 0.3 is 6.18 Å². The summed E-state index contributed by atoms with van der Waals surface area (Å²) in [5, 5.41) is 2.60. The molecule has 0 saturated carbocycles. The average Bonchev–Trinajstić information content (AvgIpc) is 3.05. The van der Waals surface area contributed by atoms with Crippen LogP contribution in [0.3, 0.4) is 0 Å². The predicted molar refractivity (Wildman–Crippen MR) is 94.1 cm³/mol. The monoisotopic (exact) mass is 391 g/mol. The van der Waals surface area contributed by atoms with E-state index in [4.69, 9.17) is 9.47 Å². The van der Waals surface area contributed by atoms with E-state index in [1.807, 2.05) is 6.07 Å². The van der Waals surface area contributed by atoms with E-state index < -0.39 is 30.6 Å². The summed E-state index contributed by atoms with van der Waals surface area (Å²) in [4.78, 5) is 15.9. The summed E-state index contributed by atoms with van der Waals surface area (Å²) in [6.07, 6.45) is -5.09. The maximum Gasteiger partial charge on any atom is 0.449 e. The number of fused-ring (bicyclic) bond motifs is 2. The van der Waals surface area contributed by atoms with Gasteiger partial charge in [0.25, 0.3) is 0 Å². The van der Waals surface area contributed by atoms with Crippen LogP contribution in [0.25, 0.3) is 11.0 Å². The molecule has 2 heterocycles. The first kappa shape index (κ1) is 18.1. The Morgan fingerprint density at radius 1 is 1.14 bits per heavy atom. The summed E-state index contributed by atoms with van der Waals surface area (Å²) < 4.78 is 52.1. The zero-order valence-electron chi connectivity index (χ0n) is 14.6. The van der Waals surface area contributed by atoms with Crippen molar-refractivity contribution in [2.24, 2.45) is 0 Å². The van der Waals surface area contributed by atoms with Crippen LogP contribution in [0.2, 0.25) is 0 Å². The molecule has 146 valence electrons. The number of carbonyl (C=O) groups is 1. The second kappa shape index (κ2) is 7.06. The topological polar surface area (TPSA) is 65.4 Å². The Bertz CT molecular complexity index is 1020. The number of benzene rings is 2. The van der Waals surface area contributed by atoms with Gasteiger partial charge in [-0.25, -0.2) is 4.98 Å². The van der Waals surface area contributed by atoms with Gasteiger partial charge in [0.15, 0.2) is 11.5 Å². The van der Waals surface area contributed by atoms with Crippen molar-refractivity contribution < 1.29 is 27.4 Å². The van der Waals surface area contributed by atoms with Gasteiger partial charge in [0.1, 0.15) is 19.3 Å². The Morgan fingerprint density at radius 2 is 1.86 bits per heavy atom. The van der Waals surface area contributed by atoms with Crippen LogP contribution in [0.1, 0.15) is 5.82 Å². The SMILES string of the molecule is O=C(Cn1c(C(F)(F)F)nc2ccccc21)NC[C@@H]1COc2ccccc2O1. The van der Waals surface area contributed by atoms with Gasteiger partial charge in [0.05, 0.1) is 17.6 Å². The minimum atomic E-state index is -4.66. The van der Waals surface area contributed by atoms with Crippen molar-refractivity contribution in [3.8, 4) is 11.5 Å². The molecular weight excluding hydrogens is 375 g/mol. The highest BCUT2D eigenvalue weighted by Crippen LogP contribution is 2.32. The number of nitrogens with one attached hydrogen (secondary N) is 1. The van der Waals surface area contributed by atoms with Gasteiger partial charge in [-0.05, 0) is 24.3 Å². The molecule has 1 atom stereocenters. The van der Waals surface area contributed by atoms with Crippen LogP contribution in [0.5, 0.6) is 11.5 Å². The van der Waals surface area contributed by atoms with E-state index in [9.17, 15) is 18.0 Å². The van der Waals surface area contributed by atoms with E-state index in [1.165, 1.54) is 12.1 Å². The molecular formula is C19H16F3N3O3. The predicted octanol–water partition coefficient (Wildman–Crippen LogP) is 3.01. The number of alkyl halides is 3. The highest BCUT2D eigenvalue weighted by Gasteiger charge is 2.38. The quantitative estimate of drug-likeness (QED) is 0.743. The van der Waals surface area contributed by atoms with Crippen molar-refractivity contribution in [1.82, 2.24) is 14.9 Å². The lowest BCUT2D eigenvalue weighted by molar-refractivity contribution is -0.147. The zero-order chi connectivity index (χ0) is 19.7.